The number of hydrogen-bond acceptors (Lipinski definition) is 6. The molecule has 0 aromatic heterocycles. The lowest BCUT2D eigenvalue weighted by atomic mass is 9.82. The second-order valence-corrected chi connectivity index (χ2v) is 10.0. The third-order valence-electron chi connectivity index (χ3n) is 7.70. The standard InChI is InChI=1S/C29H31F2N5O3/c1-21-32-29(22-3-7-24(30)8-4-22,23-5-9-25(31)10-6-23)28(37)35(21)16-2-15-33-17-19-34(20-18-33)26-11-13-27(14-12-26)36(38)39/h3-14,21,32H,2,15-20H2,1H3. The summed E-state index contributed by atoms with van der Waals surface area (Å²) in [5.74, 6) is -0.926. The Kier molecular flexibility index (Phi) is 7.58. The third kappa shape index (κ3) is 5.35. The van der Waals surface area contributed by atoms with Crippen LogP contribution in [-0.2, 0) is 10.3 Å². The molecule has 3 aromatic rings. The molecule has 1 unspecified atom stereocenters. The summed E-state index contributed by atoms with van der Waals surface area (Å²) < 4.78 is 27.4. The summed E-state index contributed by atoms with van der Waals surface area (Å²) in [7, 11) is 0. The fourth-order valence-corrected chi connectivity index (χ4v) is 5.60. The van der Waals surface area contributed by atoms with E-state index in [9.17, 15) is 23.7 Å². The van der Waals surface area contributed by atoms with Crippen LogP contribution in [0.3, 0.4) is 0 Å². The number of carbonyl (C=O) groups is 1. The van der Waals surface area contributed by atoms with E-state index < -0.39 is 22.1 Å². The maximum atomic E-state index is 14.0. The van der Waals surface area contributed by atoms with Gasteiger partial charge in [-0.2, -0.15) is 0 Å². The van der Waals surface area contributed by atoms with Gasteiger partial charge in [-0.15, -0.1) is 0 Å². The van der Waals surface area contributed by atoms with Gasteiger partial charge in [-0.25, -0.2) is 8.78 Å². The number of halogens is 2. The van der Waals surface area contributed by atoms with Gasteiger partial charge in [0.15, 0.2) is 5.54 Å². The fraction of sp³-hybridized carbons (Fsp3) is 0.345. The Labute approximate surface area is 226 Å². The van der Waals surface area contributed by atoms with Crippen molar-refractivity contribution in [1.82, 2.24) is 15.1 Å². The molecular weight excluding hydrogens is 504 g/mol. The molecule has 2 fully saturated rings. The number of hydrogen-bond donors (Lipinski definition) is 1. The van der Waals surface area contributed by atoms with Crippen LogP contribution in [0.4, 0.5) is 20.2 Å². The Morgan fingerprint density at radius 3 is 1.92 bits per heavy atom. The Hall–Kier alpha value is -3.89. The van der Waals surface area contributed by atoms with Gasteiger partial charge in [0.1, 0.15) is 11.6 Å². The minimum absolute atomic E-state index is 0.0837. The van der Waals surface area contributed by atoms with Crippen molar-refractivity contribution < 1.29 is 18.5 Å². The molecular formula is C29H31F2N5O3. The number of nitro groups is 1. The summed E-state index contributed by atoms with van der Waals surface area (Å²) in [5.41, 5.74) is 1.05. The number of nitrogens with one attached hydrogen (secondary N) is 1. The van der Waals surface area contributed by atoms with Crippen molar-refractivity contribution >= 4 is 17.3 Å². The van der Waals surface area contributed by atoms with Crippen molar-refractivity contribution in [3.63, 3.8) is 0 Å². The lowest BCUT2D eigenvalue weighted by Gasteiger charge is -2.36. The molecule has 0 aliphatic carbocycles. The zero-order valence-corrected chi connectivity index (χ0v) is 21.7. The summed E-state index contributed by atoms with van der Waals surface area (Å²) in [4.78, 5) is 30.9. The molecule has 2 aliphatic rings. The van der Waals surface area contributed by atoms with Crippen molar-refractivity contribution in [2.45, 2.75) is 25.0 Å². The number of rotatable bonds is 8. The summed E-state index contributed by atoms with van der Waals surface area (Å²) in [6, 6.07) is 18.4. The molecule has 204 valence electrons. The van der Waals surface area contributed by atoms with E-state index in [1.165, 1.54) is 36.4 Å². The predicted octanol–water partition coefficient (Wildman–Crippen LogP) is 4.11. The fourth-order valence-electron chi connectivity index (χ4n) is 5.60. The first kappa shape index (κ1) is 26.7. The number of benzene rings is 3. The van der Waals surface area contributed by atoms with E-state index in [1.54, 1.807) is 41.3 Å². The molecule has 0 radical (unpaired) electrons. The smallest absolute Gasteiger partial charge is 0.269 e. The first-order valence-corrected chi connectivity index (χ1v) is 13.1. The van der Waals surface area contributed by atoms with Crippen LogP contribution in [-0.4, -0.2) is 66.1 Å². The molecule has 8 nitrogen and oxygen atoms in total. The number of amides is 1. The molecule has 0 spiro atoms. The second-order valence-electron chi connectivity index (χ2n) is 10.0. The van der Waals surface area contributed by atoms with E-state index in [2.05, 4.69) is 15.1 Å². The average Bonchev–Trinajstić information content (AvgIpc) is 3.20. The Morgan fingerprint density at radius 2 is 1.41 bits per heavy atom. The van der Waals surface area contributed by atoms with Gasteiger partial charge in [0.2, 0.25) is 0 Å². The molecule has 1 atom stereocenters. The minimum atomic E-state index is -1.23. The first-order valence-electron chi connectivity index (χ1n) is 13.1. The number of nitrogens with zero attached hydrogens (tertiary/aromatic N) is 4. The topological polar surface area (TPSA) is 82.0 Å². The Balaban J connectivity index is 1.22. The van der Waals surface area contributed by atoms with Crippen LogP contribution in [0.25, 0.3) is 0 Å². The summed E-state index contributed by atoms with van der Waals surface area (Å²) in [5, 5.41) is 14.3. The molecule has 0 bridgehead atoms. The molecule has 3 aromatic carbocycles. The SMILES string of the molecule is CC1NC(c2ccc(F)cc2)(c2ccc(F)cc2)C(=O)N1CCCN1CCN(c2ccc([N+](=O)[O-])cc2)CC1. The summed E-state index contributed by atoms with van der Waals surface area (Å²) in [6.45, 7) is 6.63. The Bertz CT molecular complexity index is 1260. The zero-order valence-electron chi connectivity index (χ0n) is 21.7. The van der Waals surface area contributed by atoms with Crippen LogP contribution >= 0.6 is 0 Å². The number of carbonyl (C=O) groups excluding carboxylic acids is 1. The highest BCUT2D eigenvalue weighted by atomic mass is 19.1. The van der Waals surface area contributed by atoms with Gasteiger partial charge < -0.3 is 9.80 Å². The molecule has 39 heavy (non-hydrogen) atoms. The highest BCUT2D eigenvalue weighted by molar-refractivity contribution is 5.94. The summed E-state index contributed by atoms with van der Waals surface area (Å²) >= 11 is 0. The number of nitro benzene ring substituents is 1. The monoisotopic (exact) mass is 535 g/mol. The van der Waals surface area contributed by atoms with Gasteiger partial charge in [0.25, 0.3) is 11.6 Å². The second kappa shape index (κ2) is 11.1. The van der Waals surface area contributed by atoms with Crippen molar-refractivity contribution in [3.05, 3.63) is 106 Å². The van der Waals surface area contributed by atoms with Gasteiger partial charge in [-0.1, -0.05) is 24.3 Å². The van der Waals surface area contributed by atoms with E-state index in [0.29, 0.717) is 17.7 Å². The number of non-ortho nitro benzene ring substituents is 1. The zero-order chi connectivity index (χ0) is 27.6. The van der Waals surface area contributed by atoms with Gasteiger partial charge in [0.05, 0.1) is 11.1 Å². The van der Waals surface area contributed by atoms with Gasteiger partial charge >= 0.3 is 0 Å². The highest BCUT2D eigenvalue weighted by Gasteiger charge is 2.52. The van der Waals surface area contributed by atoms with Gasteiger partial charge in [0, 0.05) is 50.5 Å². The van der Waals surface area contributed by atoms with E-state index in [4.69, 9.17) is 0 Å². The molecule has 1 amide bonds. The molecule has 10 heteroatoms. The first-order chi connectivity index (χ1) is 18.8. The number of anilines is 1. The number of piperazine rings is 1. The van der Waals surface area contributed by atoms with Crippen LogP contribution < -0.4 is 10.2 Å². The van der Waals surface area contributed by atoms with E-state index in [-0.39, 0.29) is 17.8 Å². The van der Waals surface area contributed by atoms with Crippen LogP contribution in [0.2, 0.25) is 0 Å². The molecule has 1 N–H and O–H groups in total. The normalized spacial score (nSPS) is 19.5. The van der Waals surface area contributed by atoms with Gasteiger partial charge in [-0.3, -0.25) is 25.1 Å². The maximum Gasteiger partial charge on any atom is 0.269 e. The van der Waals surface area contributed by atoms with Crippen molar-refractivity contribution in [2.24, 2.45) is 0 Å². The van der Waals surface area contributed by atoms with Crippen LogP contribution in [0, 0.1) is 21.7 Å². The molecule has 2 saturated heterocycles. The molecule has 2 heterocycles. The van der Waals surface area contributed by atoms with Crippen LogP contribution in [0.1, 0.15) is 24.5 Å². The van der Waals surface area contributed by atoms with E-state index >= 15 is 0 Å². The van der Waals surface area contributed by atoms with Crippen molar-refractivity contribution in [2.75, 3.05) is 44.2 Å². The largest absolute Gasteiger partial charge is 0.369 e. The lowest BCUT2D eigenvalue weighted by Crippen LogP contribution is -2.47. The highest BCUT2D eigenvalue weighted by Crippen LogP contribution is 2.37. The quantitative estimate of drug-likeness (QED) is 0.346. The Morgan fingerprint density at radius 1 is 0.872 bits per heavy atom. The van der Waals surface area contributed by atoms with Crippen molar-refractivity contribution in [1.29, 1.82) is 0 Å². The van der Waals surface area contributed by atoms with Crippen LogP contribution in [0.15, 0.2) is 72.8 Å². The van der Waals surface area contributed by atoms with E-state index in [0.717, 1.165) is 44.8 Å². The molecule has 5 rings (SSSR count). The third-order valence-corrected chi connectivity index (χ3v) is 7.70. The lowest BCUT2D eigenvalue weighted by molar-refractivity contribution is -0.384. The average molecular weight is 536 g/mol. The molecule has 0 saturated carbocycles. The molecule has 2 aliphatic heterocycles. The predicted molar refractivity (Wildman–Crippen MR) is 144 cm³/mol. The van der Waals surface area contributed by atoms with Crippen LogP contribution in [0.5, 0.6) is 0 Å². The van der Waals surface area contributed by atoms with E-state index in [1.807, 2.05) is 6.92 Å². The summed E-state index contributed by atoms with van der Waals surface area (Å²) in [6.07, 6.45) is 0.504. The van der Waals surface area contributed by atoms with Gasteiger partial charge in [-0.05, 0) is 67.4 Å². The maximum absolute atomic E-state index is 14.0. The minimum Gasteiger partial charge on any atom is -0.369 e. The van der Waals surface area contributed by atoms with Crippen molar-refractivity contribution in [3.8, 4) is 0 Å².